The Morgan fingerprint density at radius 2 is 1.46 bits per heavy atom. The van der Waals surface area contributed by atoms with Crippen molar-refractivity contribution in [2.24, 2.45) is 0 Å². The molecule has 26 heavy (non-hydrogen) atoms. The second-order valence-electron chi connectivity index (χ2n) is 6.33. The van der Waals surface area contributed by atoms with E-state index in [-0.39, 0.29) is 4.90 Å². The number of hydrogen-bond acceptors (Lipinski definition) is 3. The molecule has 4 rings (SSSR count). The predicted octanol–water partition coefficient (Wildman–Crippen LogP) is 5.29. The third-order valence-corrected chi connectivity index (χ3v) is 5.32. The molecule has 0 aliphatic heterocycles. The first-order chi connectivity index (χ1) is 12.4. The van der Waals surface area contributed by atoms with Gasteiger partial charge in [-0.1, -0.05) is 42.5 Å². The molecule has 0 aliphatic rings. The quantitative estimate of drug-likeness (QED) is 0.383. The smallest absolute Gasteiger partial charge is 0.296 e. The molecule has 4 aromatic rings. The van der Waals surface area contributed by atoms with Crippen molar-refractivity contribution in [2.75, 3.05) is 5.32 Å². The summed E-state index contributed by atoms with van der Waals surface area (Å²) in [5.41, 5.74) is 1.88. The Kier molecular flexibility index (Phi) is 3.90. The highest BCUT2D eigenvalue weighted by atomic mass is 32.2. The molecule has 4 aromatic carbocycles. The highest BCUT2D eigenvalue weighted by Gasteiger charge is 2.16. The fourth-order valence-corrected chi connectivity index (χ4v) is 3.90. The zero-order chi connectivity index (χ0) is 18.3. The van der Waals surface area contributed by atoms with Crippen LogP contribution in [0, 0.1) is 6.92 Å². The molecule has 0 saturated carbocycles. The molecular weight excluding hydrogens is 346 g/mol. The standard InChI is InChI=1S/C21H17NO3S/c1-14-9-10-20(21(11-14)26(23,24)25)22-19-8-4-7-17-12-15-5-2-3-6-16(15)13-18(17)19/h2-13,22H,1H3,(H,23,24,25). The second-order valence-corrected chi connectivity index (χ2v) is 7.72. The third-order valence-electron chi connectivity index (χ3n) is 4.43. The van der Waals surface area contributed by atoms with Gasteiger partial charge in [0.2, 0.25) is 0 Å². The van der Waals surface area contributed by atoms with Crippen LogP contribution < -0.4 is 5.32 Å². The Bertz CT molecular complexity index is 1250. The summed E-state index contributed by atoms with van der Waals surface area (Å²) in [7, 11) is -4.33. The average Bonchev–Trinajstić information content (AvgIpc) is 2.61. The Hall–Kier alpha value is -2.89. The SMILES string of the molecule is Cc1ccc(Nc2cccc3cc4ccccc4cc23)c(S(=O)(=O)O)c1. The monoisotopic (exact) mass is 363 g/mol. The lowest BCUT2D eigenvalue weighted by Gasteiger charge is -2.14. The Morgan fingerprint density at radius 1 is 0.769 bits per heavy atom. The topological polar surface area (TPSA) is 66.4 Å². The molecular formula is C21H17NO3S. The highest BCUT2D eigenvalue weighted by Crippen LogP contribution is 2.32. The van der Waals surface area contributed by atoms with E-state index in [1.807, 2.05) is 36.4 Å². The predicted molar refractivity (Wildman–Crippen MR) is 106 cm³/mol. The number of benzene rings is 4. The van der Waals surface area contributed by atoms with Crippen molar-refractivity contribution in [1.29, 1.82) is 0 Å². The van der Waals surface area contributed by atoms with Crippen LogP contribution in [0.3, 0.4) is 0 Å². The molecule has 0 atom stereocenters. The van der Waals surface area contributed by atoms with E-state index in [0.29, 0.717) is 5.69 Å². The Labute approximate surface area is 151 Å². The van der Waals surface area contributed by atoms with Gasteiger partial charge in [0.05, 0.1) is 5.69 Å². The van der Waals surface area contributed by atoms with Crippen LogP contribution in [0.2, 0.25) is 0 Å². The van der Waals surface area contributed by atoms with Crippen LogP contribution in [-0.4, -0.2) is 13.0 Å². The summed E-state index contributed by atoms with van der Waals surface area (Å²) < 4.78 is 33.1. The molecule has 0 fully saturated rings. The van der Waals surface area contributed by atoms with Crippen LogP contribution in [-0.2, 0) is 10.1 Å². The maximum absolute atomic E-state index is 11.8. The summed E-state index contributed by atoms with van der Waals surface area (Å²) in [6.45, 7) is 1.78. The van der Waals surface area contributed by atoms with Crippen LogP contribution in [0.15, 0.2) is 77.7 Å². The van der Waals surface area contributed by atoms with Crippen molar-refractivity contribution >= 4 is 43.0 Å². The summed E-state index contributed by atoms with van der Waals surface area (Å²) in [6, 6.07) is 23.0. The van der Waals surface area contributed by atoms with Crippen molar-refractivity contribution in [3.05, 3.63) is 78.4 Å². The number of nitrogens with one attached hydrogen (secondary N) is 1. The zero-order valence-electron chi connectivity index (χ0n) is 14.1. The molecule has 0 spiro atoms. The summed E-state index contributed by atoms with van der Waals surface area (Å²) in [5.74, 6) is 0. The van der Waals surface area contributed by atoms with Gasteiger partial charge in [-0.05, 0) is 59.0 Å². The van der Waals surface area contributed by atoms with Gasteiger partial charge in [-0.15, -0.1) is 0 Å². The van der Waals surface area contributed by atoms with Crippen LogP contribution in [0.1, 0.15) is 5.56 Å². The van der Waals surface area contributed by atoms with E-state index in [1.165, 1.54) is 6.07 Å². The molecule has 0 radical (unpaired) electrons. The molecule has 5 heteroatoms. The van der Waals surface area contributed by atoms with Crippen molar-refractivity contribution in [1.82, 2.24) is 0 Å². The molecule has 0 bridgehead atoms. The van der Waals surface area contributed by atoms with Gasteiger partial charge in [0.25, 0.3) is 10.1 Å². The molecule has 130 valence electrons. The Morgan fingerprint density at radius 3 is 2.19 bits per heavy atom. The summed E-state index contributed by atoms with van der Waals surface area (Å²) in [6.07, 6.45) is 0. The van der Waals surface area contributed by atoms with Crippen molar-refractivity contribution in [3.8, 4) is 0 Å². The van der Waals surface area contributed by atoms with E-state index < -0.39 is 10.1 Å². The van der Waals surface area contributed by atoms with Gasteiger partial charge >= 0.3 is 0 Å². The van der Waals surface area contributed by atoms with Crippen LogP contribution in [0.5, 0.6) is 0 Å². The lowest BCUT2D eigenvalue weighted by Crippen LogP contribution is -2.04. The fraction of sp³-hybridized carbons (Fsp3) is 0.0476. The minimum absolute atomic E-state index is 0.129. The lowest BCUT2D eigenvalue weighted by atomic mass is 10.0. The van der Waals surface area contributed by atoms with E-state index >= 15 is 0 Å². The highest BCUT2D eigenvalue weighted by molar-refractivity contribution is 7.86. The number of fused-ring (bicyclic) bond motifs is 2. The van der Waals surface area contributed by atoms with E-state index in [2.05, 4.69) is 23.5 Å². The summed E-state index contributed by atoms with van der Waals surface area (Å²) in [5, 5.41) is 7.45. The maximum atomic E-state index is 11.8. The fourth-order valence-electron chi connectivity index (χ4n) is 3.17. The number of hydrogen-bond donors (Lipinski definition) is 2. The molecule has 2 N–H and O–H groups in total. The van der Waals surface area contributed by atoms with Gasteiger partial charge in [0, 0.05) is 11.1 Å². The van der Waals surface area contributed by atoms with Gasteiger partial charge in [-0.3, -0.25) is 4.55 Å². The molecule has 0 amide bonds. The van der Waals surface area contributed by atoms with E-state index in [1.54, 1.807) is 19.1 Å². The van der Waals surface area contributed by atoms with Crippen molar-refractivity contribution in [2.45, 2.75) is 11.8 Å². The Balaban J connectivity index is 1.90. The van der Waals surface area contributed by atoms with Crippen LogP contribution in [0.4, 0.5) is 11.4 Å². The van der Waals surface area contributed by atoms with Gasteiger partial charge in [0.1, 0.15) is 4.90 Å². The molecule has 0 saturated heterocycles. The second kappa shape index (κ2) is 6.12. The van der Waals surface area contributed by atoms with Crippen molar-refractivity contribution < 1.29 is 13.0 Å². The molecule has 0 heterocycles. The first-order valence-corrected chi connectivity index (χ1v) is 9.62. The molecule has 0 aliphatic carbocycles. The minimum Gasteiger partial charge on any atom is -0.354 e. The lowest BCUT2D eigenvalue weighted by molar-refractivity contribution is 0.483. The van der Waals surface area contributed by atoms with Gasteiger partial charge < -0.3 is 5.32 Å². The third kappa shape index (κ3) is 3.03. The number of aryl methyl sites for hydroxylation is 1. The van der Waals surface area contributed by atoms with E-state index in [4.69, 9.17) is 0 Å². The van der Waals surface area contributed by atoms with Crippen LogP contribution >= 0.6 is 0 Å². The first-order valence-electron chi connectivity index (χ1n) is 8.18. The van der Waals surface area contributed by atoms with Crippen molar-refractivity contribution in [3.63, 3.8) is 0 Å². The van der Waals surface area contributed by atoms with E-state index in [0.717, 1.165) is 32.8 Å². The van der Waals surface area contributed by atoms with Gasteiger partial charge in [0.15, 0.2) is 0 Å². The maximum Gasteiger partial charge on any atom is 0.296 e. The van der Waals surface area contributed by atoms with Crippen LogP contribution in [0.25, 0.3) is 21.5 Å². The normalized spacial score (nSPS) is 11.8. The number of anilines is 2. The first kappa shape index (κ1) is 16.6. The van der Waals surface area contributed by atoms with Gasteiger partial charge in [-0.25, -0.2) is 0 Å². The summed E-state index contributed by atoms with van der Waals surface area (Å²) in [4.78, 5) is -0.129. The molecule has 4 nitrogen and oxygen atoms in total. The van der Waals surface area contributed by atoms with Gasteiger partial charge in [-0.2, -0.15) is 8.42 Å². The molecule has 0 unspecified atom stereocenters. The van der Waals surface area contributed by atoms with E-state index in [9.17, 15) is 13.0 Å². The average molecular weight is 363 g/mol. The minimum atomic E-state index is -4.33. The molecule has 0 aromatic heterocycles. The largest absolute Gasteiger partial charge is 0.354 e. The number of rotatable bonds is 3. The summed E-state index contributed by atoms with van der Waals surface area (Å²) >= 11 is 0. The zero-order valence-corrected chi connectivity index (χ0v) is 14.9.